The first-order chi connectivity index (χ1) is 11.7. The zero-order valence-electron chi connectivity index (χ0n) is 15.8. The maximum absolute atomic E-state index is 5.41. The van der Waals surface area contributed by atoms with E-state index in [1.807, 2.05) is 12.1 Å². The normalized spacial score (nSPS) is 18.4. The second-order valence-electron chi connectivity index (χ2n) is 6.48. The van der Waals surface area contributed by atoms with E-state index in [1.165, 1.54) is 24.9 Å². The van der Waals surface area contributed by atoms with Crippen LogP contribution in [0.3, 0.4) is 0 Å². The van der Waals surface area contributed by atoms with Crippen molar-refractivity contribution in [2.45, 2.75) is 26.2 Å². The Hall–Kier alpha value is -1.02. The number of aliphatic imine (C=N–C) groups is 1. The third-order valence-electron chi connectivity index (χ3n) is 4.45. The Labute approximate surface area is 169 Å². The van der Waals surface area contributed by atoms with Crippen molar-refractivity contribution in [1.29, 1.82) is 0 Å². The van der Waals surface area contributed by atoms with Gasteiger partial charge < -0.3 is 20.3 Å². The highest BCUT2D eigenvalue weighted by Gasteiger charge is 2.16. The van der Waals surface area contributed by atoms with Crippen molar-refractivity contribution in [2.24, 2.45) is 10.9 Å². The van der Waals surface area contributed by atoms with Gasteiger partial charge >= 0.3 is 0 Å². The molecule has 1 aromatic carbocycles. The summed E-state index contributed by atoms with van der Waals surface area (Å²) in [4.78, 5) is 7.19. The lowest BCUT2D eigenvalue weighted by atomic mass is 9.99. The van der Waals surface area contributed by atoms with Gasteiger partial charge in [-0.25, -0.2) is 0 Å². The van der Waals surface area contributed by atoms with Crippen molar-refractivity contribution >= 4 is 29.9 Å². The first-order valence-electron chi connectivity index (χ1n) is 9.05. The SMILES string of the molecule is CCNC(=NCC1CCCN(C)C1)NCCc1ccccc1OC.I. The van der Waals surface area contributed by atoms with Crippen LogP contribution in [0, 0.1) is 5.92 Å². The van der Waals surface area contributed by atoms with Crippen molar-refractivity contribution < 1.29 is 4.74 Å². The Bertz CT molecular complexity index is 524. The summed E-state index contributed by atoms with van der Waals surface area (Å²) in [6.45, 7) is 7.10. The summed E-state index contributed by atoms with van der Waals surface area (Å²) in [5, 5.41) is 6.78. The largest absolute Gasteiger partial charge is 0.496 e. The van der Waals surface area contributed by atoms with Gasteiger partial charge in [0.05, 0.1) is 7.11 Å². The van der Waals surface area contributed by atoms with Gasteiger partial charge in [-0.15, -0.1) is 24.0 Å². The number of para-hydroxylation sites is 1. The summed E-state index contributed by atoms with van der Waals surface area (Å²) in [5.74, 6) is 2.54. The average molecular weight is 460 g/mol. The lowest BCUT2D eigenvalue weighted by Crippen LogP contribution is -2.39. The summed E-state index contributed by atoms with van der Waals surface area (Å²) >= 11 is 0. The third-order valence-corrected chi connectivity index (χ3v) is 4.45. The molecular weight excluding hydrogens is 427 g/mol. The van der Waals surface area contributed by atoms with Gasteiger partial charge in [-0.2, -0.15) is 0 Å². The van der Waals surface area contributed by atoms with Gasteiger partial charge in [0.15, 0.2) is 5.96 Å². The first kappa shape index (κ1) is 22.0. The second-order valence-corrected chi connectivity index (χ2v) is 6.48. The van der Waals surface area contributed by atoms with Crippen molar-refractivity contribution in [3.05, 3.63) is 29.8 Å². The fraction of sp³-hybridized carbons (Fsp3) is 0.632. The summed E-state index contributed by atoms with van der Waals surface area (Å²) in [7, 11) is 3.92. The molecule has 2 N–H and O–H groups in total. The van der Waals surface area contributed by atoms with Gasteiger partial charge in [-0.05, 0) is 57.3 Å². The molecule has 0 aliphatic carbocycles. The molecule has 1 aliphatic heterocycles. The average Bonchev–Trinajstić information content (AvgIpc) is 2.60. The lowest BCUT2D eigenvalue weighted by Gasteiger charge is -2.28. The lowest BCUT2D eigenvalue weighted by molar-refractivity contribution is 0.214. The van der Waals surface area contributed by atoms with Crippen LogP contribution >= 0.6 is 24.0 Å². The van der Waals surface area contributed by atoms with E-state index in [-0.39, 0.29) is 24.0 Å². The fourth-order valence-corrected chi connectivity index (χ4v) is 3.21. The zero-order valence-corrected chi connectivity index (χ0v) is 18.1. The van der Waals surface area contributed by atoms with Crippen LogP contribution in [0.5, 0.6) is 5.75 Å². The van der Waals surface area contributed by atoms with Gasteiger partial charge in [0, 0.05) is 26.2 Å². The fourth-order valence-electron chi connectivity index (χ4n) is 3.21. The van der Waals surface area contributed by atoms with Crippen LogP contribution in [0.1, 0.15) is 25.3 Å². The number of guanidine groups is 1. The van der Waals surface area contributed by atoms with Crippen LogP contribution in [0.25, 0.3) is 0 Å². The van der Waals surface area contributed by atoms with E-state index in [2.05, 4.69) is 41.6 Å². The molecule has 5 nitrogen and oxygen atoms in total. The van der Waals surface area contributed by atoms with Crippen LogP contribution in [0.2, 0.25) is 0 Å². The highest BCUT2D eigenvalue weighted by molar-refractivity contribution is 14.0. The van der Waals surface area contributed by atoms with Crippen LogP contribution in [0.4, 0.5) is 0 Å². The minimum absolute atomic E-state index is 0. The molecule has 2 rings (SSSR count). The van der Waals surface area contributed by atoms with Crippen LogP contribution in [0.15, 0.2) is 29.3 Å². The Morgan fingerprint density at radius 1 is 1.32 bits per heavy atom. The monoisotopic (exact) mass is 460 g/mol. The molecule has 1 saturated heterocycles. The minimum Gasteiger partial charge on any atom is -0.496 e. The van der Waals surface area contributed by atoms with Crippen molar-refractivity contribution in [3.63, 3.8) is 0 Å². The Morgan fingerprint density at radius 3 is 2.84 bits per heavy atom. The van der Waals surface area contributed by atoms with Crippen LogP contribution < -0.4 is 15.4 Å². The molecule has 1 atom stereocenters. The standard InChI is InChI=1S/C19H32N4O.HI/c1-4-20-19(22-14-16-8-7-13-23(2)15-16)21-12-11-17-9-5-6-10-18(17)24-3;/h5-6,9-10,16H,4,7-8,11-15H2,1-3H3,(H2,20,21,22);1H. The highest BCUT2D eigenvalue weighted by Crippen LogP contribution is 2.17. The first-order valence-corrected chi connectivity index (χ1v) is 9.05. The van der Waals surface area contributed by atoms with Crippen molar-refractivity contribution in [1.82, 2.24) is 15.5 Å². The molecule has 1 heterocycles. The summed E-state index contributed by atoms with van der Waals surface area (Å²) in [5.41, 5.74) is 1.22. The molecule has 0 spiro atoms. The number of methoxy groups -OCH3 is 1. The van der Waals surface area contributed by atoms with E-state index in [4.69, 9.17) is 9.73 Å². The molecule has 0 saturated carbocycles. The molecule has 1 aromatic rings. The topological polar surface area (TPSA) is 48.9 Å². The summed E-state index contributed by atoms with van der Waals surface area (Å²) in [6, 6.07) is 8.18. The van der Waals surface area contributed by atoms with Gasteiger partial charge in [-0.3, -0.25) is 4.99 Å². The predicted molar refractivity (Wildman–Crippen MR) is 116 cm³/mol. The number of ether oxygens (including phenoxy) is 1. The molecule has 0 amide bonds. The molecule has 6 heteroatoms. The number of rotatable bonds is 7. The third kappa shape index (κ3) is 7.81. The number of piperidine rings is 1. The quantitative estimate of drug-likeness (QED) is 0.373. The minimum atomic E-state index is 0. The van der Waals surface area contributed by atoms with E-state index in [1.54, 1.807) is 7.11 Å². The van der Waals surface area contributed by atoms with E-state index in [0.717, 1.165) is 44.3 Å². The van der Waals surface area contributed by atoms with E-state index in [0.29, 0.717) is 5.92 Å². The molecule has 0 bridgehead atoms. The molecule has 1 unspecified atom stereocenters. The van der Waals surface area contributed by atoms with Gasteiger partial charge in [0.1, 0.15) is 5.75 Å². The summed E-state index contributed by atoms with van der Waals surface area (Å²) in [6.07, 6.45) is 3.49. The number of likely N-dealkylation sites (tertiary alicyclic amines) is 1. The second kappa shape index (κ2) is 12.4. The van der Waals surface area contributed by atoms with Crippen molar-refractivity contribution in [2.75, 3.05) is 46.9 Å². The number of hydrogen-bond acceptors (Lipinski definition) is 3. The number of nitrogens with one attached hydrogen (secondary N) is 2. The maximum atomic E-state index is 5.41. The van der Waals surface area contributed by atoms with Crippen LogP contribution in [-0.4, -0.2) is 57.7 Å². The van der Waals surface area contributed by atoms with Crippen molar-refractivity contribution in [3.8, 4) is 5.75 Å². The number of nitrogens with zero attached hydrogens (tertiary/aromatic N) is 2. The molecule has 1 aliphatic rings. The number of hydrogen-bond donors (Lipinski definition) is 2. The highest BCUT2D eigenvalue weighted by atomic mass is 127. The van der Waals surface area contributed by atoms with Crippen LogP contribution in [-0.2, 0) is 6.42 Å². The van der Waals surface area contributed by atoms with E-state index < -0.39 is 0 Å². The van der Waals surface area contributed by atoms with Gasteiger partial charge in [-0.1, -0.05) is 18.2 Å². The van der Waals surface area contributed by atoms with Gasteiger partial charge in [0.2, 0.25) is 0 Å². The smallest absolute Gasteiger partial charge is 0.191 e. The van der Waals surface area contributed by atoms with E-state index in [9.17, 15) is 0 Å². The summed E-state index contributed by atoms with van der Waals surface area (Å²) < 4.78 is 5.41. The number of benzene rings is 1. The predicted octanol–water partition coefficient (Wildman–Crippen LogP) is 2.75. The molecule has 0 radical (unpaired) electrons. The molecular formula is C19H33IN4O. The van der Waals surface area contributed by atoms with E-state index >= 15 is 0 Å². The Kier molecular flexibility index (Phi) is 10.9. The number of halogens is 1. The maximum Gasteiger partial charge on any atom is 0.191 e. The zero-order chi connectivity index (χ0) is 17.2. The molecule has 142 valence electrons. The Balaban J connectivity index is 0.00000312. The molecule has 0 aromatic heterocycles. The van der Waals surface area contributed by atoms with Gasteiger partial charge in [0.25, 0.3) is 0 Å². The molecule has 25 heavy (non-hydrogen) atoms. The Morgan fingerprint density at radius 2 is 2.12 bits per heavy atom. The molecule has 1 fully saturated rings.